The zero-order valence-corrected chi connectivity index (χ0v) is 15.6. The molecule has 0 aliphatic carbocycles. The Kier molecular flexibility index (Phi) is 5.20. The summed E-state index contributed by atoms with van der Waals surface area (Å²) in [7, 11) is 0. The molecule has 0 spiro atoms. The number of esters is 1. The third-order valence-corrected chi connectivity index (χ3v) is 4.74. The molecule has 0 amide bonds. The van der Waals surface area contributed by atoms with Crippen molar-refractivity contribution in [2.75, 3.05) is 24.6 Å². The van der Waals surface area contributed by atoms with Crippen molar-refractivity contribution in [2.24, 2.45) is 5.92 Å². The molecule has 0 radical (unpaired) electrons. The molecular formula is C18H27N5O2. The van der Waals surface area contributed by atoms with Gasteiger partial charge in [0.05, 0.1) is 18.2 Å². The molecule has 7 heteroatoms. The normalized spacial score (nSPS) is 17.9. The first-order valence-electron chi connectivity index (χ1n) is 9.24. The van der Waals surface area contributed by atoms with Gasteiger partial charge >= 0.3 is 5.97 Å². The van der Waals surface area contributed by atoms with Crippen molar-refractivity contribution in [3.8, 4) is 0 Å². The minimum absolute atomic E-state index is 0.0945. The Balaban J connectivity index is 2.03. The molecule has 25 heavy (non-hydrogen) atoms. The van der Waals surface area contributed by atoms with Gasteiger partial charge in [-0.15, -0.1) is 0 Å². The predicted molar refractivity (Wildman–Crippen MR) is 96.7 cm³/mol. The number of rotatable bonds is 5. The van der Waals surface area contributed by atoms with Crippen LogP contribution >= 0.6 is 0 Å². The van der Waals surface area contributed by atoms with Gasteiger partial charge in [-0.05, 0) is 33.6 Å². The second kappa shape index (κ2) is 7.37. The number of piperidine rings is 1. The lowest BCUT2D eigenvalue weighted by molar-refractivity contribution is -0.148. The topological polar surface area (TPSA) is 73.1 Å². The van der Waals surface area contributed by atoms with E-state index in [4.69, 9.17) is 9.72 Å². The maximum absolute atomic E-state index is 12.2. The Hall–Kier alpha value is -2.18. The lowest BCUT2D eigenvalue weighted by Crippen LogP contribution is -2.40. The minimum atomic E-state index is -0.103. The third-order valence-electron chi connectivity index (χ3n) is 4.74. The Bertz CT molecular complexity index is 770. The van der Waals surface area contributed by atoms with Crippen molar-refractivity contribution in [3.05, 3.63) is 11.5 Å². The Morgan fingerprint density at radius 2 is 2.08 bits per heavy atom. The van der Waals surface area contributed by atoms with Crippen molar-refractivity contribution >= 4 is 22.8 Å². The second-order valence-corrected chi connectivity index (χ2v) is 6.45. The molecule has 136 valence electrons. The SMILES string of the molecule is CCOC(=O)C1CCCN(c2nc(CC)nc3c(C)nn(CC)c23)C1. The van der Waals surface area contributed by atoms with Crippen LogP contribution in [0.25, 0.3) is 11.0 Å². The summed E-state index contributed by atoms with van der Waals surface area (Å²) in [4.78, 5) is 23.9. The molecule has 0 saturated carbocycles. The predicted octanol–water partition coefficient (Wildman–Crippen LogP) is 2.50. The van der Waals surface area contributed by atoms with Crippen LogP contribution in [0, 0.1) is 12.8 Å². The number of carbonyl (C=O) groups excluding carboxylic acids is 1. The minimum Gasteiger partial charge on any atom is -0.466 e. The van der Waals surface area contributed by atoms with Gasteiger partial charge in [0.1, 0.15) is 16.9 Å². The molecule has 0 bridgehead atoms. The van der Waals surface area contributed by atoms with E-state index in [-0.39, 0.29) is 11.9 Å². The number of hydrogen-bond acceptors (Lipinski definition) is 6. The van der Waals surface area contributed by atoms with Gasteiger partial charge in [-0.1, -0.05) is 6.92 Å². The number of anilines is 1. The molecule has 7 nitrogen and oxygen atoms in total. The summed E-state index contributed by atoms with van der Waals surface area (Å²) in [6, 6.07) is 0. The van der Waals surface area contributed by atoms with Gasteiger partial charge in [0.25, 0.3) is 0 Å². The first-order valence-corrected chi connectivity index (χ1v) is 9.24. The van der Waals surface area contributed by atoms with Crippen LogP contribution in [0.4, 0.5) is 5.82 Å². The smallest absolute Gasteiger partial charge is 0.310 e. The lowest BCUT2D eigenvalue weighted by atomic mass is 9.98. The highest BCUT2D eigenvalue weighted by Crippen LogP contribution is 2.30. The standard InChI is InChI=1S/C18H27N5O2/c1-5-14-19-15-12(4)21-23(6-2)16(15)17(20-14)22-10-8-9-13(11-22)18(24)25-7-3/h13H,5-11H2,1-4H3. The highest BCUT2D eigenvalue weighted by atomic mass is 16.5. The Morgan fingerprint density at radius 1 is 1.28 bits per heavy atom. The van der Waals surface area contributed by atoms with Gasteiger partial charge in [-0.2, -0.15) is 5.10 Å². The number of aromatic nitrogens is 4. The van der Waals surface area contributed by atoms with Crippen molar-refractivity contribution in [2.45, 2.75) is 53.5 Å². The first kappa shape index (κ1) is 17.6. The van der Waals surface area contributed by atoms with Gasteiger partial charge in [0.15, 0.2) is 5.82 Å². The Labute approximate surface area is 148 Å². The number of fused-ring (bicyclic) bond motifs is 1. The summed E-state index contributed by atoms with van der Waals surface area (Å²) in [6.45, 7) is 10.7. The number of ether oxygens (including phenoxy) is 1. The Morgan fingerprint density at radius 3 is 2.76 bits per heavy atom. The van der Waals surface area contributed by atoms with Crippen LogP contribution in [0.3, 0.4) is 0 Å². The van der Waals surface area contributed by atoms with E-state index in [1.54, 1.807) is 0 Å². The largest absolute Gasteiger partial charge is 0.466 e. The maximum Gasteiger partial charge on any atom is 0.310 e. The molecular weight excluding hydrogens is 318 g/mol. The second-order valence-electron chi connectivity index (χ2n) is 6.45. The van der Waals surface area contributed by atoms with Crippen molar-refractivity contribution in [1.29, 1.82) is 0 Å². The molecule has 3 rings (SSSR count). The molecule has 1 fully saturated rings. The molecule has 1 atom stereocenters. The van der Waals surface area contributed by atoms with E-state index in [9.17, 15) is 4.79 Å². The van der Waals surface area contributed by atoms with E-state index in [0.29, 0.717) is 13.2 Å². The van der Waals surface area contributed by atoms with Gasteiger partial charge in [-0.25, -0.2) is 9.97 Å². The molecule has 0 N–H and O–H groups in total. The van der Waals surface area contributed by atoms with E-state index in [2.05, 4.69) is 28.8 Å². The number of carbonyl (C=O) groups is 1. The van der Waals surface area contributed by atoms with Crippen LogP contribution in [0.1, 0.15) is 45.1 Å². The van der Waals surface area contributed by atoms with Crippen molar-refractivity contribution in [1.82, 2.24) is 19.7 Å². The summed E-state index contributed by atoms with van der Waals surface area (Å²) in [6.07, 6.45) is 2.60. The molecule has 2 aromatic heterocycles. The van der Waals surface area contributed by atoms with Crippen LogP contribution in [-0.2, 0) is 22.5 Å². The van der Waals surface area contributed by atoms with E-state index in [1.807, 2.05) is 18.5 Å². The molecule has 1 unspecified atom stereocenters. The fraction of sp³-hybridized carbons (Fsp3) is 0.667. The first-order chi connectivity index (χ1) is 12.1. The van der Waals surface area contributed by atoms with Gasteiger partial charge in [0, 0.05) is 26.1 Å². The van der Waals surface area contributed by atoms with E-state index < -0.39 is 0 Å². The van der Waals surface area contributed by atoms with Gasteiger partial charge in [-0.3, -0.25) is 9.48 Å². The van der Waals surface area contributed by atoms with E-state index >= 15 is 0 Å². The van der Waals surface area contributed by atoms with Crippen LogP contribution in [-0.4, -0.2) is 45.4 Å². The zero-order valence-electron chi connectivity index (χ0n) is 15.6. The summed E-state index contributed by atoms with van der Waals surface area (Å²) in [5.41, 5.74) is 2.82. The molecule has 0 aromatic carbocycles. The van der Waals surface area contributed by atoms with Gasteiger partial charge in [0.2, 0.25) is 0 Å². The summed E-state index contributed by atoms with van der Waals surface area (Å²) in [5, 5.41) is 4.62. The third kappa shape index (κ3) is 3.32. The van der Waals surface area contributed by atoms with Crippen LogP contribution < -0.4 is 4.90 Å². The molecule has 2 aromatic rings. The average Bonchev–Trinajstić information content (AvgIpc) is 2.97. The fourth-order valence-corrected chi connectivity index (χ4v) is 3.49. The molecule has 1 aliphatic rings. The maximum atomic E-state index is 12.2. The zero-order chi connectivity index (χ0) is 18.0. The number of hydrogen-bond donors (Lipinski definition) is 0. The van der Waals surface area contributed by atoms with Crippen molar-refractivity contribution < 1.29 is 9.53 Å². The monoisotopic (exact) mass is 345 g/mol. The highest BCUT2D eigenvalue weighted by Gasteiger charge is 2.30. The summed E-state index contributed by atoms with van der Waals surface area (Å²) in [5.74, 6) is 1.52. The fourth-order valence-electron chi connectivity index (χ4n) is 3.49. The van der Waals surface area contributed by atoms with Crippen LogP contribution in [0.5, 0.6) is 0 Å². The number of nitrogens with zero attached hydrogens (tertiary/aromatic N) is 5. The molecule has 1 saturated heterocycles. The van der Waals surface area contributed by atoms with Crippen LogP contribution in [0.15, 0.2) is 0 Å². The lowest BCUT2D eigenvalue weighted by Gasteiger charge is -2.33. The number of aryl methyl sites for hydroxylation is 3. The van der Waals surface area contributed by atoms with E-state index in [0.717, 1.165) is 60.7 Å². The van der Waals surface area contributed by atoms with Crippen LogP contribution in [0.2, 0.25) is 0 Å². The quantitative estimate of drug-likeness (QED) is 0.775. The summed E-state index contributed by atoms with van der Waals surface area (Å²) < 4.78 is 7.20. The van der Waals surface area contributed by atoms with E-state index in [1.165, 1.54) is 0 Å². The molecule has 3 heterocycles. The van der Waals surface area contributed by atoms with Gasteiger partial charge < -0.3 is 9.64 Å². The summed E-state index contributed by atoms with van der Waals surface area (Å²) >= 11 is 0. The molecule has 1 aliphatic heterocycles. The van der Waals surface area contributed by atoms with Crippen molar-refractivity contribution in [3.63, 3.8) is 0 Å². The average molecular weight is 345 g/mol. The highest BCUT2D eigenvalue weighted by molar-refractivity contribution is 5.88.